The Morgan fingerprint density at radius 3 is 2.29 bits per heavy atom. The van der Waals surface area contributed by atoms with Gasteiger partial charge in [-0.2, -0.15) is 0 Å². The summed E-state index contributed by atoms with van der Waals surface area (Å²) in [6.07, 6.45) is 1.77. The highest BCUT2D eigenvalue weighted by Gasteiger charge is 2.16. The van der Waals surface area contributed by atoms with Crippen molar-refractivity contribution < 1.29 is 23.5 Å². The molecule has 0 saturated carbocycles. The number of ether oxygens (including phenoxy) is 2. The summed E-state index contributed by atoms with van der Waals surface area (Å²) in [4.78, 5) is 21.4. The molecule has 0 spiro atoms. The summed E-state index contributed by atoms with van der Waals surface area (Å²) in [7, 11) is 0. The quantitative estimate of drug-likeness (QED) is 0.512. The summed E-state index contributed by atoms with van der Waals surface area (Å²) in [5.41, 5.74) is 0. The van der Waals surface area contributed by atoms with E-state index in [2.05, 4.69) is 9.47 Å². The average molecular weight is 204 g/mol. The van der Waals surface area contributed by atoms with Gasteiger partial charge in [-0.05, 0) is 19.4 Å². The molecule has 0 aliphatic heterocycles. The zero-order valence-corrected chi connectivity index (χ0v) is 8.21. The van der Waals surface area contributed by atoms with Crippen molar-refractivity contribution in [3.8, 4) is 0 Å². The first-order chi connectivity index (χ1) is 6.61. The van der Waals surface area contributed by atoms with Crippen molar-refractivity contribution >= 4 is 11.9 Å². The molecule has 0 radical (unpaired) electrons. The van der Waals surface area contributed by atoms with Crippen molar-refractivity contribution in [2.45, 2.75) is 20.3 Å². The SMILES string of the molecule is CC/C=C(\F)COC(=O)C(=O)OCC. The minimum Gasteiger partial charge on any atom is -0.458 e. The molecular formula is C9H13FO4. The van der Waals surface area contributed by atoms with Crippen molar-refractivity contribution in [2.24, 2.45) is 0 Å². The van der Waals surface area contributed by atoms with Crippen LogP contribution < -0.4 is 0 Å². The molecule has 5 heteroatoms. The highest BCUT2D eigenvalue weighted by molar-refractivity contribution is 6.29. The van der Waals surface area contributed by atoms with Gasteiger partial charge in [0.05, 0.1) is 6.61 Å². The fourth-order valence-electron chi connectivity index (χ4n) is 0.664. The maximum atomic E-state index is 12.6. The molecule has 4 nitrogen and oxygen atoms in total. The van der Waals surface area contributed by atoms with Gasteiger partial charge in [0.1, 0.15) is 12.4 Å². The number of hydrogen-bond acceptors (Lipinski definition) is 4. The number of halogens is 1. The van der Waals surface area contributed by atoms with Gasteiger partial charge in [-0.1, -0.05) is 6.92 Å². The molecule has 0 fully saturated rings. The summed E-state index contributed by atoms with van der Waals surface area (Å²) in [5, 5.41) is 0. The van der Waals surface area contributed by atoms with Gasteiger partial charge in [0.25, 0.3) is 0 Å². The van der Waals surface area contributed by atoms with Gasteiger partial charge >= 0.3 is 11.9 Å². The summed E-state index contributed by atoms with van der Waals surface area (Å²) >= 11 is 0. The maximum Gasteiger partial charge on any atom is 0.417 e. The van der Waals surface area contributed by atoms with E-state index in [0.717, 1.165) is 0 Å². The van der Waals surface area contributed by atoms with Gasteiger partial charge in [-0.15, -0.1) is 0 Å². The van der Waals surface area contributed by atoms with E-state index in [1.54, 1.807) is 13.8 Å². The van der Waals surface area contributed by atoms with Gasteiger partial charge in [-0.3, -0.25) is 0 Å². The smallest absolute Gasteiger partial charge is 0.417 e. The first kappa shape index (κ1) is 12.6. The third-order valence-corrected chi connectivity index (χ3v) is 1.21. The molecule has 0 N–H and O–H groups in total. The second-order valence-electron chi connectivity index (χ2n) is 2.36. The van der Waals surface area contributed by atoms with Crippen LogP contribution in [0.15, 0.2) is 11.9 Å². The standard InChI is InChI=1S/C9H13FO4/c1-3-5-7(10)6-14-9(12)8(11)13-4-2/h5H,3-4,6H2,1-2H3/b7-5-. The molecule has 0 atom stereocenters. The van der Waals surface area contributed by atoms with E-state index in [9.17, 15) is 14.0 Å². The minimum atomic E-state index is -1.17. The van der Waals surface area contributed by atoms with Gasteiger partial charge < -0.3 is 9.47 Å². The van der Waals surface area contributed by atoms with Crippen molar-refractivity contribution in [3.63, 3.8) is 0 Å². The van der Waals surface area contributed by atoms with Crippen LogP contribution in [0.5, 0.6) is 0 Å². The number of rotatable bonds is 4. The van der Waals surface area contributed by atoms with E-state index >= 15 is 0 Å². The van der Waals surface area contributed by atoms with E-state index in [4.69, 9.17) is 0 Å². The second kappa shape index (κ2) is 7.06. The van der Waals surface area contributed by atoms with E-state index in [1.165, 1.54) is 6.08 Å². The largest absolute Gasteiger partial charge is 0.458 e. The number of hydrogen-bond donors (Lipinski definition) is 0. The molecular weight excluding hydrogens is 191 g/mol. The third-order valence-electron chi connectivity index (χ3n) is 1.21. The number of allylic oxidation sites excluding steroid dienone is 1. The molecule has 0 aromatic rings. The van der Waals surface area contributed by atoms with Gasteiger partial charge in [0.15, 0.2) is 0 Å². The lowest BCUT2D eigenvalue weighted by atomic mass is 10.4. The molecule has 0 saturated heterocycles. The lowest BCUT2D eigenvalue weighted by Gasteiger charge is -2.01. The maximum absolute atomic E-state index is 12.6. The van der Waals surface area contributed by atoms with E-state index in [0.29, 0.717) is 6.42 Å². The summed E-state index contributed by atoms with van der Waals surface area (Å²) in [6, 6.07) is 0. The number of carbonyl (C=O) groups excluding carboxylic acids is 2. The van der Waals surface area contributed by atoms with Gasteiger partial charge in [0.2, 0.25) is 0 Å². The Morgan fingerprint density at radius 2 is 1.79 bits per heavy atom. The molecule has 0 amide bonds. The molecule has 0 unspecified atom stereocenters. The predicted octanol–water partition coefficient (Wildman–Crippen LogP) is 1.36. The van der Waals surface area contributed by atoms with Crippen LogP contribution in [0.1, 0.15) is 20.3 Å². The fourth-order valence-corrected chi connectivity index (χ4v) is 0.664. The Labute approximate surface area is 81.7 Å². The van der Waals surface area contributed by atoms with Crippen LogP contribution in [0.3, 0.4) is 0 Å². The first-order valence-electron chi connectivity index (χ1n) is 4.30. The number of esters is 2. The highest BCUT2D eigenvalue weighted by Crippen LogP contribution is 1.99. The van der Waals surface area contributed by atoms with Crippen LogP contribution in [0.4, 0.5) is 4.39 Å². The van der Waals surface area contributed by atoms with E-state index in [1.807, 2.05) is 0 Å². The van der Waals surface area contributed by atoms with Crippen molar-refractivity contribution in [2.75, 3.05) is 13.2 Å². The average Bonchev–Trinajstić information content (AvgIpc) is 2.15. The normalized spacial score (nSPS) is 10.9. The molecule has 0 bridgehead atoms. The second-order valence-corrected chi connectivity index (χ2v) is 2.36. The molecule has 0 aromatic heterocycles. The Bertz CT molecular complexity index is 235. The van der Waals surface area contributed by atoms with Crippen molar-refractivity contribution in [1.29, 1.82) is 0 Å². The third kappa shape index (κ3) is 5.29. The molecule has 0 aromatic carbocycles. The van der Waals surface area contributed by atoms with Crippen LogP contribution in [0, 0.1) is 0 Å². The zero-order chi connectivity index (χ0) is 11.0. The molecule has 0 rings (SSSR count). The van der Waals surface area contributed by atoms with Crippen molar-refractivity contribution in [3.05, 3.63) is 11.9 Å². The molecule has 80 valence electrons. The van der Waals surface area contributed by atoms with Crippen LogP contribution in [-0.4, -0.2) is 25.2 Å². The molecule has 0 heterocycles. The fraction of sp³-hybridized carbons (Fsp3) is 0.556. The lowest BCUT2D eigenvalue weighted by molar-refractivity contribution is -0.167. The minimum absolute atomic E-state index is 0.0845. The van der Waals surface area contributed by atoms with Crippen LogP contribution >= 0.6 is 0 Å². The summed E-state index contributed by atoms with van der Waals surface area (Å²) < 4.78 is 21.3. The van der Waals surface area contributed by atoms with Gasteiger partial charge in [0, 0.05) is 0 Å². The molecule has 0 aliphatic carbocycles. The van der Waals surface area contributed by atoms with E-state index in [-0.39, 0.29) is 6.61 Å². The first-order valence-corrected chi connectivity index (χ1v) is 4.30. The number of carbonyl (C=O) groups is 2. The highest BCUT2D eigenvalue weighted by atomic mass is 19.1. The lowest BCUT2D eigenvalue weighted by Crippen LogP contribution is -2.20. The predicted molar refractivity (Wildman–Crippen MR) is 47.1 cm³/mol. The Hall–Kier alpha value is -1.39. The summed E-state index contributed by atoms with van der Waals surface area (Å²) in [6.45, 7) is 2.86. The Morgan fingerprint density at radius 1 is 1.21 bits per heavy atom. The monoisotopic (exact) mass is 204 g/mol. The molecule has 14 heavy (non-hydrogen) atoms. The van der Waals surface area contributed by atoms with Crippen LogP contribution in [0.2, 0.25) is 0 Å². The van der Waals surface area contributed by atoms with Crippen LogP contribution in [-0.2, 0) is 19.1 Å². The Balaban J connectivity index is 3.85. The zero-order valence-electron chi connectivity index (χ0n) is 8.21. The van der Waals surface area contributed by atoms with Crippen LogP contribution in [0.25, 0.3) is 0 Å². The van der Waals surface area contributed by atoms with Gasteiger partial charge in [-0.25, -0.2) is 14.0 Å². The molecule has 0 aliphatic rings. The van der Waals surface area contributed by atoms with Crippen molar-refractivity contribution in [1.82, 2.24) is 0 Å². The summed E-state index contributed by atoms with van der Waals surface area (Å²) in [5.74, 6) is -2.85. The van der Waals surface area contributed by atoms with E-state index < -0.39 is 24.4 Å². The topological polar surface area (TPSA) is 52.6 Å². The Kier molecular flexibility index (Phi) is 6.36.